The Balaban J connectivity index is 1.62. The molecule has 1 aliphatic rings. The number of hydrogen-bond acceptors (Lipinski definition) is 6. The van der Waals surface area contributed by atoms with Crippen molar-refractivity contribution < 1.29 is 4.74 Å². The first-order valence-electron chi connectivity index (χ1n) is 8.16. The highest BCUT2D eigenvalue weighted by molar-refractivity contribution is 5.40. The third kappa shape index (κ3) is 4.31. The van der Waals surface area contributed by atoms with Crippen molar-refractivity contribution in [3.05, 3.63) is 36.0 Å². The smallest absolute Gasteiger partial charge is 0.244 e. The normalized spacial score (nSPS) is 15.1. The largest absolute Gasteiger partial charge is 0.497 e. The predicted molar refractivity (Wildman–Crippen MR) is 90.8 cm³/mol. The van der Waals surface area contributed by atoms with Gasteiger partial charge in [0.15, 0.2) is 5.82 Å². The first kappa shape index (κ1) is 15.5. The van der Waals surface area contributed by atoms with Crippen LogP contribution < -0.4 is 15.0 Å². The van der Waals surface area contributed by atoms with Gasteiger partial charge in [-0.25, -0.2) is 0 Å². The summed E-state index contributed by atoms with van der Waals surface area (Å²) in [5.41, 5.74) is 1.15. The van der Waals surface area contributed by atoms with Gasteiger partial charge >= 0.3 is 0 Å². The van der Waals surface area contributed by atoms with Gasteiger partial charge in [-0.2, -0.15) is 10.1 Å². The average molecular weight is 313 g/mol. The van der Waals surface area contributed by atoms with Crippen LogP contribution in [0.2, 0.25) is 0 Å². The second-order valence-corrected chi connectivity index (χ2v) is 5.74. The van der Waals surface area contributed by atoms with Crippen LogP contribution in [0, 0.1) is 0 Å². The Labute approximate surface area is 136 Å². The highest BCUT2D eigenvalue weighted by Crippen LogP contribution is 2.17. The maximum absolute atomic E-state index is 5.16. The lowest BCUT2D eigenvalue weighted by atomic mass is 10.2. The van der Waals surface area contributed by atoms with E-state index in [9.17, 15) is 0 Å². The molecule has 3 rings (SSSR count). The molecule has 1 N–H and O–H groups in total. The Morgan fingerprint density at radius 3 is 2.52 bits per heavy atom. The van der Waals surface area contributed by atoms with Crippen molar-refractivity contribution in [3.8, 4) is 5.75 Å². The SMILES string of the molecule is COc1ccc(CNc2nncc(N3CCCCCC3)n2)cc1. The quantitative estimate of drug-likeness (QED) is 0.916. The molecule has 0 atom stereocenters. The van der Waals surface area contributed by atoms with Gasteiger partial charge < -0.3 is 15.0 Å². The maximum Gasteiger partial charge on any atom is 0.244 e. The molecule has 0 amide bonds. The first-order chi connectivity index (χ1) is 11.3. The highest BCUT2D eigenvalue weighted by Gasteiger charge is 2.12. The van der Waals surface area contributed by atoms with Crippen molar-refractivity contribution in [1.82, 2.24) is 15.2 Å². The van der Waals surface area contributed by atoms with E-state index in [0.717, 1.165) is 30.2 Å². The van der Waals surface area contributed by atoms with Gasteiger partial charge in [0, 0.05) is 19.6 Å². The predicted octanol–water partition coefficient (Wildman–Crippen LogP) is 2.87. The molecule has 2 aromatic rings. The molecule has 1 aromatic carbocycles. The van der Waals surface area contributed by atoms with Gasteiger partial charge in [-0.3, -0.25) is 0 Å². The zero-order valence-electron chi connectivity index (χ0n) is 13.5. The lowest BCUT2D eigenvalue weighted by molar-refractivity contribution is 0.414. The fraction of sp³-hybridized carbons (Fsp3) is 0.471. The van der Waals surface area contributed by atoms with Gasteiger partial charge in [-0.1, -0.05) is 25.0 Å². The highest BCUT2D eigenvalue weighted by atomic mass is 16.5. The molecule has 1 saturated heterocycles. The van der Waals surface area contributed by atoms with E-state index in [4.69, 9.17) is 4.74 Å². The third-order valence-corrected chi connectivity index (χ3v) is 4.09. The number of hydrogen-bond donors (Lipinski definition) is 1. The van der Waals surface area contributed by atoms with Gasteiger partial charge in [-0.15, -0.1) is 5.10 Å². The molecule has 0 unspecified atom stereocenters. The van der Waals surface area contributed by atoms with E-state index in [1.165, 1.54) is 25.7 Å². The van der Waals surface area contributed by atoms with E-state index >= 15 is 0 Å². The summed E-state index contributed by atoms with van der Waals surface area (Å²) in [4.78, 5) is 6.91. The summed E-state index contributed by atoms with van der Waals surface area (Å²) in [5, 5.41) is 11.4. The number of ether oxygens (including phenoxy) is 1. The number of nitrogens with one attached hydrogen (secondary N) is 1. The lowest BCUT2D eigenvalue weighted by Crippen LogP contribution is -2.25. The van der Waals surface area contributed by atoms with Gasteiger partial charge in [-0.05, 0) is 30.5 Å². The lowest BCUT2D eigenvalue weighted by Gasteiger charge is -2.20. The van der Waals surface area contributed by atoms with Crippen LogP contribution >= 0.6 is 0 Å². The molecule has 0 spiro atoms. The Morgan fingerprint density at radius 2 is 1.83 bits per heavy atom. The van der Waals surface area contributed by atoms with Gasteiger partial charge in [0.25, 0.3) is 0 Å². The molecule has 0 saturated carbocycles. The van der Waals surface area contributed by atoms with Crippen LogP contribution in [-0.4, -0.2) is 35.4 Å². The fourth-order valence-electron chi connectivity index (χ4n) is 2.75. The molecular weight excluding hydrogens is 290 g/mol. The molecular formula is C17H23N5O. The molecule has 122 valence electrons. The number of aromatic nitrogens is 3. The molecule has 0 radical (unpaired) electrons. The van der Waals surface area contributed by atoms with E-state index in [-0.39, 0.29) is 0 Å². The number of nitrogens with zero attached hydrogens (tertiary/aromatic N) is 4. The molecule has 1 fully saturated rings. The Morgan fingerprint density at radius 1 is 1.09 bits per heavy atom. The Bertz CT molecular complexity index is 609. The summed E-state index contributed by atoms with van der Waals surface area (Å²) in [6.45, 7) is 2.77. The molecule has 23 heavy (non-hydrogen) atoms. The van der Waals surface area contributed by atoms with Crippen LogP contribution in [-0.2, 0) is 6.54 Å². The summed E-state index contributed by atoms with van der Waals surface area (Å²) in [6.07, 6.45) is 6.80. The second-order valence-electron chi connectivity index (χ2n) is 5.74. The minimum atomic E-state index is 0.572. The van der Waals surface area contributed by atoms with Crippen LogP contribution in [0.15, 0.2) is 30.5 Å². The van der Waals surface area contributed by atoms with Crippen molar-refractivity contribution in [2.75, 3.05) is 30.4 Å². The molecule has 2 heterocycles. The maximum atomic E-state index is 5.16. The fourth-order valence-corrected chi connectivity index (χ4v) is 2.75. The molecule has 0 bridgehead atoms. The topological polar surface area (TPSA) is 63.2 Å². The van der Waals surface area contributed by atoms with Crippen molar-refractivity contribution in [2.45, 2.75) is 32.2 Å². The van der Waals surface area contributed by atoms with Crippen molar-refractivity contribution in [2.24, 2.45) is 0 Å². The van der Waals surface area contributed by atoms with Crippen molar-refractivity contribution in [1.29, 1.82) is 0 Å². The minimum absolute atomic E-state index is 0.572. The van der Waals surface area contributed by atoms with E-state index in [2.05, 4.69) is 25.4 Å². The van der Waals surface area contributed by atoms with E-state index in [1.54, 1.807) is 13.3 Å². The summed E-state index contributed by atoms with van der Waals surface area (Å²) < 4.78 is 5.16. The average Bonchev–Trinajstić information content (AvgIpc) is 2.90. The summed E-state index contributed by atoms with van der Waals surface area (Å²) >= 11 is 0. The van der Waals surface area contributed by atoms with E-state index < -0.39 is 0 Å². The number of methoxy groups -OCH3 is 1. The van der Waals surface area contributed by atoms with Gasteiger partial charge in [0.1, 0.15) is 5.75 Å². The van der Waals surface area contributed by atoms with Gasteiger partial charge in [0.2, 0.25) is 5.95 Å². The third-order valence-electron chi connectivity index (χ3n) is 4.09. The number of rotatable bonds is 5. The second kappa shape index (κ2) is 7.76. The van der Waals surface area contributed by atoms with Crippen LogP contribution in [0.3, 0.4) is 0 Å². The van der Waals surface area contributed by atoms with Crippen LogP contribution in [0.5, 0.6) is 5.75 Å². The molecule has 1 aromatic heterocycles. The summed E-state index contributed by atoms with van der Waals surface area (Å²) in [7, 11) is 1.67. The Hall–Kier alpha value is -2.37. The van der Waals surface area contributed by atoms with Crippen molar-refractivity contribution in [3.63, 3.8) is 0 Å². The van der Waals surface area contributed by atoms with E-state index in [1.807, 2.05) is 24.3 Å². The minimum Gasteiger partial charge on any atom is -0.497 e. The van der Waals surface area contributed by atoms with Crippen LogP contribution in [0.1, 0.15) is 31.2 Å². The van der Waals surface area contributed by atoms with E-state index in [0.29, 0.717) is 12.5 Å². The molecule has 1 aliphatic heterocycles. The van der Waals surface area contributed by atoms with Gasteiger partial charge in [0.05, 0.1) is 13.3 Å². The van der Waals surface area contributed by atoms with Crippen LogP contribution in [0.25, 0.3) is 0 Å². The molecule has 0 aliphatic carbocycles. The number of anilines is 2. The van der Waals surface area contributed by atoms with Crippen LogP contribution in [0.4, 0.5) is 11.8 Å². The molecule has 6 nitrogen and oxygen atoms in total. The first-order valence-corrected chi connectivity index (χ1v) is 8.16. The monoisotopic (exact) mass is 313 g/mol. The molecule has 6 heteroatoms. The Kier molecular flexibility index (Phi) is 5.24. The number of benzene rings is 1. The zero-order valence-corrected chi connectivity index (χ0v) is 13.5. The standard InChI is InChI=1S/C17H23N5O/c1-23-15-8-6-14(7-9-15)12-18-17-20-16(13-19-21-17)22-10-4-2-3-5-11-22/h6-9,13H,2-5,10-12H2,1H3,(H,18,20,21). The zero-order chi connectivity index (χ0) is 15.9. The van der Waals surface area contributed by atoms with Crippen molar-refractivity contribution >= 4 is 11.8 Å². The summed E-state index contributed by atoms with van der Waals surface area (Å²) in [5.74, 6) is 2.34. The summed E-state index contributed by atoms with van der Waals surface area (Å²) in [6, 6.07) is 7.95.